The molecule has 1 aromatic rings. The first-order valence-electron chi connectivity index (χ1n) is 12.9. The molecule has 0 aliphatic rings. The lowest BCUT2D eigenvalue weighted by Gasteiger charge is -2.19. The lowest BCUT2D eigenvalue weighted by Crippen LogP contribution is -2.24. The van der Waals surface area contributed by atoms with E-state index in [0.717, 1.165) is 18.8 Å². The van der Waals surface area contributed by atoms with Gasteiger partial charge in [-0.1, -0.05) is 63.6 Å². The number of para-hydroxylation sites is 1. The second kappa shape index (κ2) is 25.9. The topological polar surface area (TPSA) is 83.5 Å². The molecule has 0 fully saturated rings. The maximum Gasteiger partial charge on any atom is 0.329 e. The molecular formula is C27H48O7. The highest BCUT2D eigenvalue weighted by Crippen LogP contribution is 2.16. The number of unbranched alkanes of at least 4 members (excludes halogenated alkanes) is 6. The van der Waals surface area contributed by atoms with E-state index in [1.807, 2.05) is 37.3 Å². The van der Waals surface area contributed by atoms with Crippen LogP contribution in [0.2, 0.25) is 0 Å². The van der Waals surface area contributed by atoms with E-state index in [9.17, 15) is 4.79 Å². The van der Waals surface area contributed by atoms with E-state index < -0.39 is 5.97 Å². The Morgan fingerprint density at radius 2 is 1.35 bits per heavy atom. The molecule has 198 valence electrons. The van der Waals surface area contributed by atoms with Crippen LogP contribution in [0, 0.1) is 0 Å². The molecule has 0 aliphatic heterocycles. The fourth-order valence-corrected chi connectivity index (χ4v) is 3.08. The third-order valence-electron chi connectivity index (χ3n) is 4.86. The van der Waals surface area contributed by atoms with Crippen LogP contribution in [-0.2, 0) is 23.7 Å². The molecule has 1 aromatic carbocycles. The molecule has 0 aliphatic carbocycles. The molecule has 7 nitrogen and oxygen atoms in total. The van der Waals surface area contributed by atoms with Crippen molar-refractivity contribution in [3.63, 3.8) is 0 Å². The Morgan fingerprint density at radius 3 is 1.94 bits per heavy atom. The summed E-state index contributed by atoms with van der Waals surface area (Å²) in [4.78, 5) is 9.63. The number of rotatable bonds is 22. The van der Waals surface area contributed by atoms with Crippen molar-refractivity contribution in [2.45, 2.75) is 78.2 Å². The quantitative estimate of drug-likeness (QED) is 0.210. The first-order valence-corrected chi connectivity index (χ1v) is 12.9. The highest BCUT2D eigenvalue weighted by Gasteiger charge is 2.11. The van der Waals surface area contributed by atoms with Crippen LogP contribution in [0.15, 0.2) is 30.3 Å². The van der Waals surface area contributed by atoms with Crippen molar-refractivity contribution < 1.29 is 33.6 Å². The monoisotopic (exact) mass is 484 g/mol. The summed E-state index contributed by atoms with van der Waals surface area (Å²) in [5, 5.41) is 7.92. The van der Waals surface area contributed by atoms with Crippen LogP contribution in [0.4, 0.5) is 0 Å². The van der Waals surface area contributed by atoms with Gasteiger partial charge in [-0.15, -0.1) is 0 Å². The van der Waals surface area contributed by atoms with E-state index in [1.165, 1.54) is 44.9 Å². The molecular weight excluding hydrogens is 436 g/mol. The van der Waals surface area contributed by atoms with Gasteiger partial charge in [0.15, 0.2) is 0 Å². The number of ether oxygens (including phenoxy) is 5. The van der Waals surface area contributed by atoms with E-state index in [0.29, 0.717) is 39.6 Å². The van der Waals surface area contributed by atoms with E-state index in [4.69, 9.17) is 24.1 Å². The highest BCUT2D eigenvalue weighted by atomic mass is 16.6. The molecule has 0 bridgehead atoms. The minimum Gasteiger partial charge on any atom is -0.488 e. The molecule has 1 N–H and O–H groups in total. The summed E-state index contributed by atoms with van der Waals surface area (Å²) in [5.74, 6) is 0.00357. The molecule has 1 rings (SSSR count). The van der Waals surface area contributed by atoms with Gasteiger partial charge in [0.2, 0.25) is 0 Å². The van der Waals surface area contributed by atoms with Gasteiger partial charge in [0, 0.05) is 13.2 Å². The molecule has 0 radical (unpaired) electrons. The zero-order chi connectivity index (χ0) is 25.1. The van der Waals surface area contributed by atoms with Crippen molar-refractivity contribution in [3.05, 3.63) is 30.3 Å². The zero-order valence-corrected chi connectivity index (χ0v) is 21.7. The van der Waals surface area contributed by atoms with Crippen molar-refractivity contribution in [2.24, 2.45) is 0 Å². The standard InChI is InChI=1S/C23H40O4.C4H8O3/c1-3-5-6-7-8-9-11-16-23(27-22-14-12-10-13-15-22)21-26-20-19-25-18-17-24-4-2;1-2-7-3-4(5)6/h10,12-15,23H,3-9,11,16-21H2,1-2H3;2-3H2,1H3,(H,5,6). The fourth-order valence-electron chi connectivity index (χ4n) is 3.08. The van der Waals surface area contributed by atoms with Crippen LogP contribution in [0.25, 0.3) is 0 Å². The van der Waals surface area contributed by atoms with Gasteiger partial charge in [0.25, 0.3) is 0 Å². The summed E-state index contributed by atoms with van der Waals surface area (Å²) >= 11 is 0. The number of aliphatic carboxylic acids is 1. The Kier molecular flexibility index (Phi) is 24.7. The third kappa shape index (κ3) is 23.5. The molecule has 34 heavy (non-hydrogen) atoms. The number of carbonyl (C=O) groups is 1. The van der Waals surface area contributed by atoms with Gasteiger partial charge in [-0.25, -0.2) is 4.79 Å². The smallest absolute Gasteiger partial charge is 0.329 e. The van der Waals surface area contributed by atoms with Crippen molar-refractivity contribution >= 4 is 5.97 Å². The molecule has 0 spiro atoms. The number of benzene rings is 1. The average Bonchev–Trinajstić information content (AvgIpc) is 2.84. The predicted octanol–water partition coefficient (Wildman–Crippen LogP) is 5.75. The van der Waals surface area contributed by atoms with Crippen molar-refractivity contribution in [2.75, 3.05) is 52.9 Å². The van der Waals surface area contributed by atoms with E-state index in [1.54, 1.807) is 6.92 Å². The van der Waals surface area contributed by atoms with Gasteiger partial charge < -0.3 is 28.8 Å². The summed E-state index contributed by atoms with van der Waals surface area (Å²) in [6.45, 7) is 10.1. The molecule has 0 saturated carbocycles. The Hall–Kier alpha value is -1.67. The van der Waals surface area contributed by atoms with Gasteiger partial charge in [-0.3, -0.25) is 0 Å². The second-order valence-electron chi connectivity index (χ2n) is 7.88. The molecule has 0 amide bonds. The minimum atomic E-state index is -0.915. The van der Waals surface area contributed by atoms with Gasteiger partial charge in [0.05, 0.1) is 33.0 Å². The SMILES string of the molecule is CCCCCCCCCC(COCCOCCOCC)Oc1ccccc1.CCOCC(=O)O. The van der Waals surface area contributed by atoms with Crippen LogP contribution >= 0.6 is 0 Å². The number of hydrogen-bond donors (Lipinski definition) is 1. The molecule has 0 saturated heterocycles. The third-order valence-corrected chi connectivity index (χ3v) is 4.86. The second-order valence-corrected chi connectivity index (χ2v) is 7.88. The van der Waals surface area contributed by atoms with Crippen LogP contribution in [0.1, 0.15) is 72.1 Å². The first-order chi connectivity index (χ1) is 16.6. The number of hydrogen-bond acceptors (Lipinski definition) is 6. The van der Waals surface area contributed by atoms with E-state index >= 15 is 0 Å². The Labute approximate surface area is 207 Å². The Balaban J connectivity index is 0.00000135. The normalized spacial score (nSPS) is 11.5. The number of carboxylic acids is 1. The molecule has 0 heterocycles. The molecule has 7 heteroatoms. The Morgan fingerprint density at radius 1 is 0.765 bits per heavy atom. The largest absolute Gasteiger partial charge is 0.488 e. The molecule has 1 unspecified atom stereocenters. The van der Waals surface area contributed by atoms with Crippen LogP contribution in [0.5, 0.6) is 5.75 Å². The lowest BCUT2D eigenvalue weighted by atomic mass is 10.1. The number of carboxylic acid groups (broad SMARTS) is 1. The van der Waals surface area contributed by atoms with Crippen molar-refractivity contribution in [1.29, 1.82) is 0 Å². The predicted molar refractivity (Wildman–Crippen MR) is 136 cm³/mol. The van der Waals surface area contributed by atoms with Gasteiger partial charge in [-0.2, -0.15) is 0 Å². The molecule has 0 aromatic heterocycles. The van der Waals surface area contributed by atoms with Gasteiger partial charge in [0.1, 0.15) is 18.5 Å². The van der Waals surface area contributed by atoms with E-state index in [-0.39, 0.29) is 12.7 Å². The molecule has 1 atom stereocenters. The minimum absolute atomic E-state index is 0.103. The van der Waals surface area contributed by atoms with Gasteiger partial charge in [-0.05, 0) is 38.8 Å². The van der Waals surface area contributed by atoms with Crippen LogP contribution in [0.3, 0.4) is 0 Å². The Bertz CT molecular complexity index is 539. The highest BCUT2D eigenvalue weighted by molar-refractivity contribution is 5.67. The van der Waals surface area contributed by atoms with Crippen LogP contribution < -0.4 is 4.74 Å². The fraction of sp³-hybridized carbons (Fsp3) is 0.741. The zero-order valence-electron chi connectivity index (χ0n) is 21.7. The van der Waals surface area contributed by atoms with Crippen molar-refractivity contribution in [3.8, 4) is 5.75 Å². The average molecular weight is 485 g/mol. The summed E-state index contributed by atoms with van der Waals surface area (Å²) in [5.41, 5.74) is 0. The maximum atomic E-state index is 9.63. The maximum absolute atomic E-state index is 9.63. The first kappa shape index (κ1) is 32.3. The summed E-state index contributed by atoms with van der Waals surface area (Å²) in [6.07, 6.45) is 10.3. The van der Waals surface area contributed by atoms with Crippen molar-refractivity contribution in [1.82, 2.24) is 0 Å². The summed E-state index contributed by atoms with van der Waals surface area (Å²) in [7, 11) is 0. The summed E-state index contributed by atoms with van der Waals surface area (Å²) in [6, 6.07) is 10.0. The van der Waals surface area contributed by atoms with Crippen LogP contribution in [-0.4, -0.2) is 70.0 Å². The van der Waals surface area contributed by atoms with Gasteiger partial charge >= 0.3 is 5.97 Å². The lowest BCUT2D eigenvalue weighted by molar-refractivity contribution is -0.142. The van der Waals surface area contributed by atoms with E-state index in [2.05, 4.69) is 11.7 Å². The summed E-state index contributed by atoms with van der Waals surface area (Å²) < 4.78 is 27.2.